The van der Waals surface area contributed by atoms with Crippen LogP contribution >= 0.6 is 0 Å². The molecule has 0 aliphatic carbocycles. The fraction of sp³-hybridized carbons (Fsp3) is 0.444. The second kappa shape index (κ2) is 3.02. The smallest absolute Gasteiger partial charge is 0.252 e. The minimum absolute atomic E-state index is 0.316. The zero-order valence-electron chi connectivity index (χ0n) is 7.72. The van der Waals surface area contributed by atoms with Crippen molar-refractivity contribution in [3.63, 3.8) is 0 Å². The van der Waals surface area contributed by atoms with Gasteiger partial charge in [-0.15, -0.1) is 5.10 Å². The predicted molar refractivity (Wildman–Crippen MR) is 50.8 cm³/mol. The van der Waals surface area contributed by atoms with Crippen LogP contribution < -0.4 is 5.32 Å². The zero-order chi connectivity index (χ0) is 9.38. The lowest BCUT2D eigenvalue weighted by Crippen LogP contribution is -2.14. The third-order valence-corrected chi connectivity index (χ3v) is 2.50. The van der Waals surface area contributed by atoms with Crippen LogP contribution in [0.2, 0.25) is 0 Å². The maximum absolute atomic E-state index is 4.38. The van der Waals surface area contributed by atoms with E-state index < -0.39 is 0 Å². The van der Waals surface area contributed by atoms with Crippen LogP contribution in [0.3, 0.4) is 0 Å². The van der Waals surface area contributed by atoms with Gasteiger partial charge in [-0.05, 0) is 25.5 Å². The van der Waals surface area contributed by atoms with Crippen molar-refractivity contribution in [3.8, 4) is 0 Å². The van der Waals surface area contributed by atoms with Gasteiger partial charge in [-0.1, -0.05) is 0 Å². The standard InChI is InChI=1S/C9H11N5/c1-3-7(10-4-1)8-12-9-11-5-2-6-14(9)13-8/h2,5-7,10H,1,3-4H2. The fourth-order valence-corrected chi connectivity index (χ4v) is 1.80. The van der Waals surface area contributed by atoms with E-state index in [2.05, 4.69) is 20.4 Å². The molecule has 0 spiro atoms. The Hall–Kier alpha value is -1.49. The molecule has 0 aromatic carbocycles. The van der Waals surface area contributed by atoms with Crippen molar-refractivity contribution in [1.82, 2.24) is 24.9 Å². The zero-order valence-corrected chi connectivity index (χ0v) is 7.72. The molecule has 1 fully saturated rings. The second-order valence-electron chi connectivity index (χ2n) is 3.48. The first-order valence-corrected chi connectivity index (χ1v) is 4.84. The molecule has 5 nitrogen and oxygen atoms in total. The third-order valence-electron chi connectivity index (χ3n) is 2.50. The first-order valence-electron chi connectivity index (χ1n) is 4.84. The van der Waals surface area contributed by atoms with E-state index in [1.165, 1.54) is 6.42 Å². The molecule has 1 aliphatic heterocycles. The Morgan fingerprint density at radius 2 is 2.50 bits per heavy atom. The molecule has 1 aliphatic rings. The van der Waals surface area contributed by atoms with Gasteiger partial charge < -0.3 is 5.32 Å². The van der Waals surface area contributed by atoms with Gasteiger partial charge in [0.1, 0.15) is 0 Å². The van der Waals surface area contributed by atoms with Crippen molar-refractivity contribution in [1.29, 1.82) is 0 Å². The summed E-state index contributed by atoms with van der Waals surface area (Å²) in [7, 11) is 0. The number of aromatic nitrogens is 4. The van der Waals surface area contributed by atoms with E-state index in [0.717, 1.165) is 18.8 Å². The van der Waals surface area contributed by atoms with E-state index in [1.54, 1.807) is 10.7 Å². The highest BCUT2D eigenvalue weighted by atomic mass is 15.3. The monoisotopic (exact) mass is 189 g/mol. The van der Waals surface area contributed by atoms with Gasteiger partial charge in [-0.25, -0.2) is 9.50 Å². The third kappa shape index (κ3) is 1.17. The Kier molecular flexibility index (Phi) is 1.70. The fourth-order valence-electron chi connectivity index (χ4n) is 1.80. The summed E-state index contributed by atoms with van der Waals surface area (Å²) in [6.07, 6.45) is 5.92. The Balaban J connectivity index is 2.05. The topological polar surface area (TPSA) is 55.1 Å². The van der Waals surface area contributed by atoms with Crippen LogP contribution in [0.5, 0.6) is 0 Å². The van der Waals surface area contributed by atoms with E-state index in [4.69, 9.17) is 0 Å². The van der Waals surface area contributed by atoms with Crippen LogP contribution in [-0.2, 0) is 0 Å². The van der Waals surface area contributed by atoms with E-state index in [9.17, 15) is 0 Å². The van der Waals surface area contributed by atoms with Crippen LogP contribution in [0, 0.1) is 0 Å². The number of fused-ring (bicyclic) bond motifs is 1. The van der Waals surface area contributed by atoms with Gasteiger partial charge in [0.2, 0.25) is 0 Å². The summed E-state index contributed by atoms with van der Waals surface area (Å²) in [5.41, 5.74) is 0. The van der Waals surface area contributed by atoms with Crippen molar-refractivity contribution in [2.45, 2.75) is 18.9 Å². The molecule has 1 saturated heterocycles. The van der Waals surface area contributed by atoms with Crippen molar-refractivity contribution in [2.75, 3.05) is 6.54 Å². The Morgan fingerprint density at radius 3 is 3.29 bits per heavy atom. The van der Waals surface area contributed by atoms with Crippen molar-refractivity contribution in [2.24, 2.45) is 0 Å². The summed E-state index contributed by atoms with van der Waals surface area (Å²) in [5, 5.41) is 7.74. The first-order chi connectivity index (χ1) is 6.93. The highest BCUT2D eigenvalue weighted by Crippen LogP contribution is 2.19. The first kappa shape index (κ1) is 7.87. The molecule has 2 aromatic heterocycles. The second-order valence-corrected chi connectivity index (χ2v) is 3.48. The molecule has 0 saturated carbocycles. The average molecular weight is 189 g/mol. The molecule has 72 valence electrons. The lowest BCUT2D eigenvalue weighted by Gasteiger charge is -2.02. The van der Waals surface area contributed by atoms with Crippen molar-refractivity contribution >= 4 is 5.78 Å². The molecule has 1 atom stereocenters. The highest BCUT2D eigenvalue weighted by Gasteiger charge is 2.20. The lowest BCUT2D eigenvalue weighted by molar-refractivity contribution is 0.604. The maximum atomic E-state index is 4.38. The lowest BCUT2D eigenvalue weighted by atomic mass is 10.2. The molecule has 0 bridgehead atoms. The molecule has 3 rings (SSSR count). The van der Waals surface area contributed by atoms with Gasteiger partial charge in [0.05, 0.1) is 6.04 Å². The summed E-state index contributed by atoms with van der Waals surface area (Å²) in [6, 6.07) is 2.17. The molecular formula is C9H11N5. The number of nitrogens with one attached hydrogen (secondary N) is 1. The Labute approximate surface area is 81.2 Å². The number of hydrogen-bond acceptors (Lipinski definition) is 4. The van der Waals surface area contributed by atoms with Crippen LogP contribution in [0.1, 0.15) is 24.7 Å². The van der Waals surface area contributed by atoms with E-state index in [1.807, 2.05) is 12.3 Å². The summed E-state index contributed by atoms with van der Waals surface area (Å²) >= 11 is 0. The summed E-state index contributed by atoms with van der Waals surface area (Å²) < 4.78 is 1.72. The van der Waals surface area contributed by atoms with Crippen LogP contribution in [-0.4, -0.2) is 26.1 Å². The Bertz CT molecular complexity index is 410. The highest BCUT2D eigenvalue weighted by molar-refractivity contribution is 5.25. The number of rotatable bonds is 1. The van der Waals surface area contributed by atoms with Gasteiger partial charge in [0.15, 0.2) is 5.82 Å². The quantitative estimate of drug-likeness (QED) is 0.711. The van der Waals surface area contributed by atoms with Gasteiger partial charge in [0, 0.05) is 12.4 Å². The van der Waals surface area contributed by atoms with Crippen LogP contribution in [0.25, 0.3) is 5.78 Å². The van der Waals surface area contributed by atoms with E-state index >= 15 is 0 Å². The number of nitrogens with zero attached hydrogens (tertiary/aromatic N) is 4. The van der Waals surface area contributed by atoms with E-state index in [-0.39, 0.29) is 0 Å². The normalized spacial score (nSPS) is 21.9. The van der Waals surface area contributed by atoms with Crippen molar-refractivity contribution in [3.05, 3.63) is 24.3 Å². The molecule has 1 unspecified atom stereocenters. The molecule has 0 amide bonds. The molecule has 5 heteroatoms. The SMILES string of the molecule is c1cnc2nc(C3CCCN3)nn2c1. The van der Waals surface area contributed by atoms with Crippen LogP contribution in [0.4, 0.5) is 0 Å². The minimum atomic E-state index is 0.316. The molecule has 14 heavy (non-hydrogen) atoms. The number of hydrogen-bond donors (Lipinski definition) is 1. The molecule has 2 aromatic rings. The maximum Gasteiger partial charge on any atom is 0.252 e. The largest absolute Gasteiger partial charge is 0.307 e. The molecular weight excluding hydrogens is 178 g/mol. The van der Waals surface area contributed by atoms with Gasteiger partial charge in [-0.2, -0.15) is 4.98 Å². The van der Waals surface area contributed by atoms with Crippen LogP contribution in [0.15, 0.2) is 18.5 Å². The minimum Gasteiger partial charge on any atom is -0.307 e. The Morgan fingerprint density at radius 1 is 1.50 bits per heavy atom. The van der Waals surface area contributed by atoms with E-state index in [0.29, 0.717) is 11.8 Å². The predicted octanol–water partition coefficient (Wildman–Crippen LogP) is 0.549. The van der Waals surface area contributed by atoms with Gasteiger partial charge in [0.25, 0.3) is 5.78 Å². The summed E-state index contributed by atoms with van der Waals surface area (Å²) in [4.78, 5) is 8.51. The van der Waals surface area contributed by atoms with Crippen molar-refractivity contribution < 1.29 is 0 Å². The molecule has 3 heterocycles. The average Bonchev–Trinajstić information content (AvgIpc) is 2.86. The van der Waals surface area contributed by atoms with Gasteiger partial charge in [-0.3, -0.25) is 0 Å². The summed E-state index contributed by atoms with van der Waals surface area (Å²) in [5.74, 6) is 1.54. The summed E-state index contributed by atoms with van der Waals surface area (Å²) in [6.45, 7) is 1.06. The molecule has 1 N–H and O–H groups in total. The molecule has 0 radical (unpaired) electrons. The van der Waals surface area contributed by atoms with Gasteiger partial charge >= 0.3 is 0 Å².